The highest BCUT2D eigenvalue weighted by molar-refractivity contribution is 6.58. The molecule has 0 radical (unpaired) electrons. The van der Waals surface area contributed by atoms with Crippen LogP contribution in [0.1, 0.15) is 28.8 Å². The quantitative estimate of drug-likeness (QED) is 0.0720. The van der Waals surface area contributed by atoms with Crippen molar-refractivity contribution in [1.29, 1.82) is 0 Å². The molecule has 2 N–H and O–H groups in total. The lowest BCUT2D eigenvalue weighted by Gasteiger charge is -2.49. The number of ether oxygens (including phenoxy) is 2. The molecule has 0 bridgehead atoms. The van der Waals surface area contributed by atoms with E-state index in [0.29, 0.717) is 0 Å². The molecule has 6 atom stereocenters. The number of carboxylic acid groups (broad SMARTS) is 1. The van der Waals surface area contributed by atoms with Gasteiger partial charge in [0.2, 0.25) is 23.4 Å². The first-order chi connectivity index (χ1) is 25.9. The van der Waals surface area contributed by atoms with Gasteiger partial charge in [0.05, 0.1) is 37.3 Å². The van der Waals surface area contributed by atoms with Gasteiger partial charge in [0.15, 0.2) is 44.5 Å². The van der Waals surface area contributed by atoms with Crippen molar-refractivity contribution in [3.05, 3.63) is 94.3 Å². The number of alkyl halides is 2. The Morgan fingerprint density at radius 1 is 0.855 bits per heavy atom. The summed E-state index contributed by atoms with van der Waals surface area (Å²) < 4.78 is 84.0. The topological polar surface area (TPSA) is 151 Å². The van der Waals surface area contributed by atoms with Crippen LogP contribution in [0, 0.1) is 52.8 Å². The summed E-state index contributed by atoms with van der Waals surface area (Å²) in [5.74, 6) is -24.3. The molecular weight excluding hydrogens is 782 g/mol. The summed E-state index contributed by atoms with van der Waals surface area (Å²) >= 11 is 14.2. The number of imide groups is 2. The molecule has 2 heterocycles. The number of carbonyl (C=O) groups excluding carboxylic acids is 4. The van der Waals surface area contributed by atoms with E-state index in [1.54, 1.807) is 0 Å². The van der Waals surface area contributed by atoms with Crippen LogP contribution in [-0.2, 0) is 19.2 Å². The van der Waals surface area contributed by atoms with E-state index in [2.05, 4.69) is 0 Å². The number of aromatic carboxylic acids is 1. The molecule has 18 heteroatoms. The summed E-state index contributed by atoms with van der Waals surface area (Å²) in [7, 11) is 2.51. The van der Waals surface area contributed by atoms with Crippen LogP contribution in [0.3, 0.4) is 0 Å². The number of benzene rings is 3. The van der Waals surface area contributed by atoms with Crippen molar-refractivity contribution in [2.24, 2.45) is 23.7 Å². The van der Waals surface area contributed by atoms with Gasteiger partial charge in [0, 0.05) is 5.92 Å². The van der Waals surface area contributed by atoms with Gasteiger partial charge in [-0.05, 0) is 54.7 Å². The van der Waals surface area contributed by atoms with Crippen LogP contribution in [0.15, 0.2) is 54.1 Å². The number of rotatable bonds is 7. The summed E-state index contributed by atoms with van der Waals surface area (Å²) in [6, 6.07) is 7.72. The number of methoxy groups -OCH3 is 2. The molecule has 0 aromatic heterocycles. The molecule has 55 heavy (non-hydrogen) atoms. The van der Waals surface area contributed by atoms with Crippen LogP contribution in [0.4, 0.5) is 33.3 Å². The average Bonchev–Trinajstić information content (AvgIpc) is 3.51. The van der Waals surface area contributed by atoms with Crippen LogP contribution >= 0.6 is 23.2 Å². The van der Waals surface area contributed by atoms with Crippen LogP contribution in [0.25, 0.3) is 6.08 Å². The smallest absolute Gasteiger partial charge is 0.335 e. The van der Waals surface area contributed by atoms with Gasteiger partial charge in [0.1, 0.15) is 5.69 Å². The molecule has 3 fully saturated rings. The number of nitrogens with zero attached hydrogens (tertiary/aromatic N) is 2. The fourth-order valence-corrected chi connectivity index (χ4v) is 8.96. The largest absolute Gasteiger partial charge is 0.502 e. The molecule has 3 aromatic carbocycles. The lowest BCUT2D eigenvalue weighted by Crippen LogP contribution is -2.60. The third-order valence-corrected chi connectivity index (χ3v) is 12.0. The van der Waals surface area contributed by atoms with Gasteiger partial charge in [-0.25, -0.2) is 31.6 Å². The molecule has 4 amide bonds. The highest BCUT2D eigenvalue weighted by Gasteiger charge is 2.76. The Morgan fingerprint density at radius 2 is 1.45 bits per heavy atom. The van der Waals surface area contributed by atoms with Crippen molar-refractivity contribution < 1.29 is 65.6 Å². The lowest BCUT2D eigenvalue weighted by molar-refractivity contribution is -0.125. The zero-order chi connectivity index (χ0) is 40.0. The first kappa shape index (κ1) is 37.8. The highest BCUT2D eigenvalue weighted by atomic mass is 35.5. The van der Waals surface area contributed by atoms with Gasteiger partial charge in [0.25, 0.3) is 11.8 Å². The Morgan fingerprint density at radius 3 is 2.04 bits per heavy atom. The molecule has 3 aromatic rings. The van der Waals surface area contributed by atoms with Crippen molar-refractivity contribution in [3.63, 3.8) is 0 Å². The number of carboxylic acids is 1. The van der Waals surface area contributed by atoms with E-state index in [-0.39, 0.29) is 51.0 Å². The highest BCUT2D eigenvalue weighted by Crippen LogP contribution is 2.64. The van der Waals surface area contributed by atoms with E-state index >= 15 is 8.78 Å². The van der Waals surface area contributed by atoms with E-state index in [4.69, 9.17) is 32.7 Å². The Balaban J connectivity index is 1.40. The Bertz CT molecular complexity index is 2290. The predicted molar refractivity (Wildman–Crippen MR) is 183 cm³/mol. The van der Waals surface area contributed by atoms with Gasteiger partial charge in [-0.2, -0.15) is 0 Å². The standard InChI is InChI=1S/C37H25Cl2F5N2O9/c1-54-21-10-14(11-22(55-2)30(21)47)6-9-20-17-7-8-18-23(32(49)45(31(18)48)16-5-3-4-15(12-16)33(50)51)19(17)13-36(38)34(52)46(35(53)37(20,36)39)29-27(43)25(41)24(40)26(42)28(29)44/h3-7,9-12,18-20,23,47H,8,13H2,1-2H3,(H,50,51)/t18-,19+,20-,23-,36+,37-/m0/s1. The second-order valence-corrected chi connectivity index (χ2v) is 14.5. The van der Waals surface area contributed by atoms with Crippen molar-refractivity contribution in [2.75, 3.05) is 24.0 Å². The zero-order valence-electron chi connectivity index (χ0n) is 28.2. The van der Waals surface area contributed by atoms with E-state index in [1.165, 1.54) is 62.8 Å². The van der Waals surface area contributed by atoms with Crippen LogP contribution in [-0.4, -0.2) is 63.8 Å². The van der Waals surface area contributed by atoms with E-state index < -0.39 is 104 Å². The van der Waals surface area contributed by atoms with E-state index in [0.717, 1.165) is 11.0 Å². The molecule has 2 aliphatic heterocycles. The van der Waals surface area contributed by atoms with Gasteiger partial charge in [-0.15, -0.1) is 23.2 Å². The first-order valence-electron chi connectivity index (χ1n) is 16.3. The fraction of sp³-hybridized carbons (Fsp3) is 0.270. The molecule has 0 unspecified atom stereocenters. The van der Waals surface area contributed by atoms with Gasteiger partial charge < -0.3 is 19.7 Å². The molecule has 2 aliphatic carbocycles. The first-order valence-corrected chi connectivity index (χ1v) is 17.0. The molecule has 2 saturated heterocycles. The van der Waals surface area contributed by atoms with Crippen LogP contribution in [0.5, 0.6) is 17.2 Å². The molecule has 286 valence electrons. The predicted octanol–water partition coefficient (Wildman–Crippen LogP) is 6.12. The Kier molecular flexibility index (Phi) is 9.00. The molecule has 11 nitrogen and oxygen atoms in total. The summed E-state index contributed by atoms with van der Waals surface area (Å²) in [5, 5.41) is 19.9. The van der Waals surface area contributed by atoms with E-state index in [9.17, 15) is 47.4 Å². The number of hydrogen-bond acceptors (Lipinski definition) is 8. The maximum absolute atomic E-state index is 15.3. The number of allylic oxidation sites excluding steroid dienone is 3. The molecule has 1 saturated carbocycles. The number of phenolic OH excluding ortho intramolecular Hbond substituents is 1. The number of aromatic hydroxyl groups is 1. The number of anilines is 2. The van der Waals surface area contributed by atoms with Gasteiger partial charge in [-0.3, -0.25) is 24.1 Å². The number of amides is 4. The molecule has 0 spiro atoms. The summed E-state index contributed by atoms with van der Waals surface area (Å²) in [6.45, 7) is 0. The van der Waals surface area contributed by atoms with Crippen LogP contribution in [0.2, 0.25) is 0 Å². The van der Waals surface area contributed by atoms with E-state index in [1.807, 2.05) is 0 Å². The molecular formula is C37H25Cl2F5N2O9. The number of fused-ring (bicyclic) bond motifs is 4. The fourth-order valence-electron chi connectivity index (χ4n) is 8.06. The Hall–Kier alpha value is -5.48. The number of carbonyl (C=O) groups is 5. The summed E-state index contributed by atoms with van der Waals surface area (Å²) in [6.07, 6.45) is 3.26. The summed E-state index contributed by atoms with van der Waals surface area (Å²) in [4.78, 5) is 63.5. The molecule has 4 aliphatic rings. The van der Waals surface area contributed by atoms with Crippen molar-refractivity contribution >= 4 is 70.3 Å². The van der Waals surface area contributed by atoms with Crippen molar-refractivity contribution in [1.82, 2.24) is 0 Å². The Labute approximate surface area is 317 Å². The minimum atomic E-state index is -2.75. The van der Waals surface area contributed by atoms with Gasteiger partial charge in [-0.1, -0.05) is 29.9 Å². The maximum atomic E-state index is 15.3. The second kappa shape index (κ2) is 13.1. The van der Waals surface area contributed by atoms with Crippen LogP contribution < -0.4 is 19.3 Å². The SMILES string of the molecule is COc1cc(C=C[C@H]2C3=CC[C@@H]4C(=O)N(c5cccc(C(=O)O)c5)C(=O)[C@@H]4[C@@H]3C[C@@]3(Cl)C(=O)N(c4c(F)c(F)c(F)c(F)c4F)C(=O)[C@@]23Cl)cc(OC)c1O. The monoisotopic (exact) mass is 806 g/mol. The third kappa shape index (κ3) is 5.17. The normalized spacial score (nSPS) is 27.3. The summed E-state index contributed by atoms with van der Waals surface area (Å²) in [5.41, 5.74) is -1.78. The number of hydrogen-bond donors (Lipinski definition) is 2. The van der Waals surface area contributed by atoms with Crippen molar-refractivity contribution in [3.8, 4) is 17.2 Å². The zero-order valence-corrected chi connectivity index (χ0v) is 29.7. The lowest BCUT2D eigenvalue weighted by atomic mass is 9.57. The maximum Gasteiger partial charge on any atom is 0.335 e. The van der Waals surface area contributed by atoms with Gasteiger partial charge >= 0.3 is 5.97 Å². The minimum Gasteiger partial charge on any atom is -0.502 e. The number of phenols is 1. The van der Waals surface area contributed by atoms with Crippen molar-refractivity contribution in [2.45, 2.75) is 22.6 Å². The minimum absolute atomic E-state index is 0.0562. The number of halogens is 7. The average molecular weight is 808 g/mol. The third-order valence-electron chi connectivity index (χ3n) is 10.6. The molecule has 7 rings (SSSR count). The second-order valence-electron chi connectivity index (χ2n) is 13.2.